The number of rotatable bonds is 3. The SMILES string of the molecule is COc1ccc(C2(C(=O)O)OB(O)c3ccccc32)cc1. The largest absolute Gasteiger partial charge is 0.497 e. The van der Waals surface area contributed by atoms with Crippen molar-refractivity contribution >= 4 is 18.6 Å². The van der Waals surface area contributed by atoms with Crippen LogP contribution in [0.15, 0.2) is 48.5 Å². The van der Waals surface area contributed by atoms with Crippen LogP contribution in [-0.2, 0) is 15.0 Å². The molecule has 0 saturated carbocycles. The van der Waals surface area contributed by atoms with Crippen molar-refractivity contribution in [1.82, 2.24) is 0 Å². The molecule has 21 heavy (non-hydrogen) atoms. The van der Waals surface area contributed by atoms with Gasteiger partial charge in [0.1, 0.15) is 5.75 Å². The number of benzene rings is 2. The summed E-state index contributed by atoms with van der Waals surface area (Å²) in [7, 11) is 0.270. The zero-order valence-corrected chi connectivity index (χ0v) is 11.3. The minimum Gasteiger partial charge on any atom is -0.497 e. The minimum atomic E-state index is -1.71. The lowest BCUT2D eigenvalue weighted by Crippen LogP contribution is -2.38. The van der Waals surface area contributed by atoms with Crippen LogP contribution >= 0.6 is 0 Å². The molecule has 6 heteroatoms. The predicted octanol–water partition coefficient (Wildman–Crippen LogP) is 0.741. The Bertz CT molecular complexity index is 685. The molecule has 0 fully saturated rings. The summed E-state index contributed by atoms with van der Waals surface area (Å²) in [6, 6.07) is 13.4. The number of aliphatic carboxylic acids is 1. The van der Waals surface area contributed by atoms with Crippen LogP contribution in [0, 0.1) is 0 Å². The van der Waals surface area contributed by atoms with E-state index in [0.717, 1.165) is 0 Å². The van der Waals surface area contributed by atoms with Gasteiger partial charge in [-0.15, -0.1) is 0 Å². The third kappa shape index (κ3) is 1.92. The molecule has 2 aromatic rings. The lowest BCUT2D eigenvalue weighted by Gasteiger charge is -2.26. The zero-order valence-electron chi connectivity index (χ0n) is 11.3. The first-order valence-electron chi connectivity index (χ1n) is 6.43. The average molecular weight is 284 g/mol. The monoisotopic (exact) mass is 284 g/mol. The second kappa shape index (κ2) is 4.91. The summed E-state index contributed by atoms with van der Waals surface area (Å²) in [4.78, 5) is 11.9. The fourth-order valence-corrected chi connectivity index (χ4v) is 2.67. The van der Waals surface area contributed by atoms with Gasteiger partial charge >= 0.3 is 13.1 Å². The summed E-state index contributed by atoms with van der Waals surface area (Å²) in [6.07, 6.45) is 0. The zero-order chi connectivity index (χ0) is 15.0. The quantitative estimate of drug-likeness (QED) is 0.813. The molecule has 1 aliphatic rings. The Labute approximate surface area is 121 Å². The van der Waals surface area contributed by atoms with Crippen molar-refractivity contribution in [2.24, 2.45) is 0 Å². The highest BCUT2D eigenvalue weighted by Crippen LogP contribution is 2.38. The summed E-state index contributed by atoms with van der Waals surface area (Å²) in [5.74, 6) is -0.553. The number of carboxylic acid groups (broad SMARTS) is 1. The van der Waals surface area contributed by atoms with Gasteiger partial charge in [0.2, 0.25) is 5.60 Å². The van der Waals surface area contributed by atoms with Crippen LogP contribution in [0.3, 0.4) is 0 Å². The molecule has 1 aliphatic heterocycles. The van der Waals surface area contributed by atoms with Crippen molar-refractivity contribution in [2.75, 3.05) is 7.11 Å². The predicted molar refractivity (Wildman–Crippen MR) is 76.5 cm³/mol. The highest BCUT2D eigenvalue weighted by molar-refractivity contribution is 6.62. The smallest absolute Gasteiger partial charge is 0.492 e. The second-order valence-corrected chi connectivity index (χ2v) is 4.77. The van der Waals surface area contributed by atoms with Crippen LogP contribution in [-0.4, -0.2) is 30.3 Å². The lowest BCUT2D eigenvalue weighted by molar-refractivity contribution is -0.152. The van der Waals surface area contributed by atoms with E-state index in [9.17, 15) is 14.9 Å². The molecule has 0 spiro atoms. The average Bonchev–Trinajstić information content (AvgIpc) is 2.82. The number of hydrogen-bond donors (Lipinski definition) is 2. The van der Waals surface area contributed by atoms with Crippen molar-refractivity contribution in [2.45, 2.75) is 5.60 Å². The van der Waals surface area contributed by atoms with E-state index < -0.39 is 18.7 Å². The number of carboxylic acids is 1. The number of fused-ring (bicyclic) bond motifs is 1. The van der Waals surface area contributed by atoms with Crippen LogP contribution in [0.2, 0.25) is 0 Å². The van der Waals surface area contributed by atoms with Crippen LogP contribution < -0.4 is 10.2 Å². The van der Waals surface area contributed by atoms with Gasteiger partial charge in [0, 0.05) is 0 Å². The van der Waals surface area contributed by atoms with E-state index in [0.29, 0.717) is 22.3 Å². The van der Waals surface area contributed by atoms with Gasteiger partial charge < -0.3 is 19.5 Å². The summed E-state index contributed by atoms with van der Waals surface area (Å²) >= 11 is 0. The standard InChI is InChI=1S/C15H13BO5/c1-20-11-8-6-10(7-9-11)15(14(17)18)12-4-2-3-5-13(12)16(19)21-15/h2-9,19H,1H3,(H,17,18). The molecule has 0 saturated heterocycles. The Hall–Kier alpha value is -2.31. The topological polar surface area (TPSA) is 76.0 Å². The highest BCUT2D eigenvalue weighted by atomic mass is 16.6. The van der Waals surface area contributed by atoms with Gasteiger partial charge in [0.25, 0.3) is 0 Å². The third-order valence-corrected chi connectivity index (χ3v) is 3.69. The maximum absolute atomic E-state index is 11.9. The van der Waals surface area contributed by atoms with Gasteiger partial charge in [0.05, 0.1) is 7.11 Å². The van der Waals surface area contributed by atoms with Gasteiger partial charge in [-0.2, -0.15) is 0 Å². The summed E-state index contributed by atoms with van der Waals surface area (Å²) in [5.41, 5.74) is -0.367. The number of hydrogen-bond acceptors (Lipinski definition) is 4. The van der Waals surface area contributed by atoms with E-state index in [1.165, 1.54) is 7.11 Å². The van der Waals surface area contributed by atoms with E-state index in [2.05, 4.69) is 0 Å². The van der Waals surface area contributed by atoms with Gasteiger partial charge in [-0.25, -0.2) is 4.79 Å². The van der Waals surface area contributed by atoms with Crippen LogP contribution in [0.4, 0.5) is 0 Å². The summed E-state index contributed by atoms with van der Waals surface area (Å²) in [6.45, 7) is 0. The third-order valence-electron chi connectivity index (χ3n) is 3.69. The van der Waals surface area contributed by atoms with E-state index >= 15 is 0 Å². The fraction of sp³-hybridized carbons (Fsp3) is 0.133. The molecule has 106 valence electrons. The normalized spacial score (nSPS) is 20.2. The van der Waals surface area contributed by atoms with E-state index in [1.54, 1.807) is 48.5 Å². The Morgan fingerprint density at radius 2 is 1.86 bits per heavy atom. The van der Waals surface area contributed by atoms with Crippen molar-refractivity contribution in [3.05, 3.63) is 59.7 Å². The molecule has 3 rings (SSSR count). The minimum absolute atomic E-state index is 0.430. The molecule has 0 aromatic heterocycles. The molecule has 2 N–H and O–H groups in total. The van der Waals surface area contributed by atoms with Crippen molar-refractivity contribution in [1.29, 1.82) is 0 Å². The van der Waals surface area contributed by atoms with E-state index in [1.807, 2.05) is 0 Å². The van der Waals surface area contributed by atoms with Gasteiger partial charge in [0.15, 0.2) is 0 Å². The Balaban J connectivity index is 2.20. The fourth-order valence-electron chi connectivity index (χ4n) is 2.67. The first-order chi connectivity index (χ1) is 10.1. The first kappa shape index (κ1) is 13.7. The maximum atomic E-state index is 11.9. The number of carbonyl (C=O) groups is 1. The Morgan fingerprint density at radius 3 is 2.48 bits per heavy atom. The van der Waals surface area contributed by atoms with Crippen molar-refractivity contribution in [3.63, 3.8) is 0 Å². The molecule has 0 radical (unpaired) electrons. The van der Waals surface area contributed by atoms with Crippen molar-refractivity contribution < 1.29 is 24.3 Å². The molecule has 1 unspecified atom stereocenters. The molecule has 1 atom stereocenters. The maximum Gasteiger partial charge on any atom is 0.492 e. The van der Waals surface area contributed by atoms with Gasteiger partial charge in [-0.3, -0.25) is 0 Å². The molecular weight excluding hydrogens is 271 g/mol. The summed E-state index contributed by atoms with van der Waals surface area (Å²) < 4.78 is 10.5. The first-order valence-corrected chi connectivity index (χ1v) is 6.43. The van der Waals surface area contributed by atoms with Crippen LogP contribution in [0.5, 0.6) is 5.75 Å². The van der Waals surface area contributed by atoms with E-state index in [-0.39, 0.29) is 0 Å². The molecule has 2 aromatic carbocycles. The Kier molecular flexibility index (Phi) is 3.20. The molecule has 0 bridgehead atoms. The lowest BCUT2D eigenvalue weighted by atomic mass is 9.77. The van der Waals surface area contributed by atoms with Crippen LogP contribution in [0.1, 0.15) is 11.1 Å². The summed E-state index contributed by atoms with van der Waals surface area (Å²) in [5, 5.41) is 19.8. The van der Waals surface area contributed by atoms with Crippen molar-refractivity contribution in [3.8, 4) is 5.75 Å². The number of methoxy groups -OCH3 is 1. The molecule has 0 aliphatic carbocycles. The van der Waals surface area contributed by atoms with Gasteiger partial charge in [-0.05, 0) is 28.7 Å². The molecule has 0 amide bonds. The Morgan fingerprint density at radius 1 is 1.19 bits per heavy atom. The highest BCUT2D eigenvalue weighted by Gasteiger charge is 2.53. The van der Waals surface area contributed by atoms with E-state index in [4.69, 9.17) is 9.39 Å². The molecular formula is C15H13BO5. The number of ether oxygens (including phenoxy) is 1. The van der Waals surface area contributed by atoms with Gasteiger partial charge in [-0.1, -0.05) is 36.4 Å². The van der Waals surface area contributed by atoms with Crippen LogP contribution in [0.25, 0.3) is 0 Å². The molecule has 5 nitrogen and oxygen atoms in total. The second-order valence-electron chi connectivity index (χ2n) is 4.77. The molecule has 1 heterocycles.